The molecule has 9 heteroatoms. The molecular weight excluding hydrogens is 423 g/mol. The van der Waals surface area contributed by atoms with Crippen molar-refractivity contribution in [2.24, 2.45) is 5.92 Å². The zero-order valence-corrected chi connectivity index (χ0v) is 19.3. The minimum absolute atomic E-state index is 0.0761. The van der Waals surface area contributed by atoms with Crippen LogP contribution >= 0.6 is 0 Å². The van der Waals surface area contributed by atoms with Crippen LogP contribution in [0.4, 0.5) is 29.3 Å². The predicted octanol–water partition coefficient (Wildman–Crippen LogP) is 5.17. The van der Waals surface area contributed by atoms with Crippen molar-refractivity contribution in [3.05, 3.63) is 17.7 Å². The Morgan fingerprint density at radius 2 is 1.62 bits per heavy atom. The first-order valence-corrected chi connectivity index (χ1v) is 11.2. The Labute approximate surface area is 187 Å². The number of nitrogens with two attached hydrogens (primary N) is 1. The molecule has 2 N–H and O–H groups in total. The second-order valence-corrected chi connectivity index (χ2v) is 9.70. The van der Waals surface area contributed by atoms with E-state index in [0.29, 0.717) is 37.6 Å². The number of hydrogen-bond donors (Lipinski definition) is 1. The molecule has 0 aliphatic carbocycles. The summed E-state index contributed by atoms with van der Waals surface area (Å²) in [4.78, 5) is 16.1. The number of alkyl halides is 3. The highest BCUT2D eigenvalue weighted by molar-refractivity contribution is 5.69. The van der Waals surface area contributed by atoms with Gasteiger partial charge in [-0.15, -0.1) is 0 Å². The van der Waals surface area contributed by atoms with Crippen LogP contribution in [0.5, 0.6) is 5.75 Å². The summed E-state index contributed by atoms with van der Waals surface area (Å²) < 4.78 is 50.2. The quantitative estimate of drug-likeness (QED) is 0.634. The van der Waals surface area contributed by atoms with Crippen molar-refractivity contribution in [2.75, 3.05) is 43.9 Å². The summed E-state index contributed by atoms with van der Waals surface area (Å²) in [6.45, 7) is 7.30. The van der Waals surface area contributed by atoms with Gasteiger partial charge in [0.2, 0.25) is 0 Å². The SMILES string of the molecule is COc1cc(N2CCC(C(F)(F)F)CC2)c(C2CCN(C(=O)OC(C)(C)C)CC2)cc1N. The highest BCUT2D eigenvalue weighted by atomic mass is 19.4. The normalized spacial score (nSPS) is 19.2. The van der Waals surface area contributed by atoms with Gasteiger partial charge in [-0.2, -0.15) is 13.2 Å². The zero-order valence-electron chi connectivity index (χ0n) is 19.3. The number of halogens is 3. The number of carbonyl (C=O) groups excluding carboxylic acids is 1. The van der Waals surface area contributed by atoms with Gasteiger partial charge in [0, 0.05) is 37.9 Å². The van der Waals surface area contributed by atoms with Gasteiger partial charge < -0.3 is 25.0 Å². The van der Waals surface area contributed by atoms with E-state index in [1.54, 1.807) is 4.90 Å². The lowest BCUT2D eigenvalue weighted by atomic mass is 9.86. The second kappa shape index (κ2) is 9.27. The van der Waals surface area contributed by atoms with Crippen LogP contribution in [0.15, 0.2) is 12.1 Å². The summed E-state index contributed by atoms with van der Waals surface area (Å²) >= 11 is 0. The third-order valence-electron chi connectivity index (χ3n) is 6.26. The number of anilines is 2. The fourth-order valence-corrected chi connectivity index (χ4v) is 4.53. The van der Waals surface area contributed by atoms with Crippen LogP contribution < -0.4 is 15.4 Å². The zero-order chi connectivity index (χ0) is 23.7. The molecule has 0 unspecified atom stereocenters. The third-order valence-corrected chi connectivity index (χ3v) is 6.26. The van der Waals surface area contributed by atoms with Gasteiger partial charge in [0.15, 0.2) is 0 Å². The number of hydrogen-bond acceptors (Lipinski definition) is 5. The predicted molar refractivity (Wildman–Crippen MR) is 118 cm³/mol. The average molecular weight is 458 g/mol. The fourth-order valence-electron chi connectivity index (χ4n) is 4.53. The topological polar surface area (TPSA) is 68.0 Å². The van der Waals surface area contributed by atoms with Crippen LogP contribution in [0, 0.1) is 5.92 Å². The van der Waals surface area contributed by atoms with E-state index in [1.165, 1.54) is 7.11 Å². The molecule has 2 heterocycles. The molecular formula is C23H34F3N3O3. The Hall–Kier alpha value is -2.32. The highest BCUT2D eigenvalue weighted by Crippen LogP contribution is 2.42. The number of ether oxygens (including phenoxy) is 2. The largest absolute Gasteiger partial charge is 0.495 e. The summed E-state index contributed by atoms with van der Waals surface area (Å²) in [5.74, 6) is -0.583. The van der Waals surface area contributed by atoms with Gasteiger partial charge in [0.25, 0.3) is 0 Å². The van der Waals surface area contributed by atoms with Crippen LogP contribution in [0.25, 0.3) is 0 Å². The minimum Gasteiger partial charge on any atom is -0.495 e. The summed E-state index contributed by atoms with van der Waals surface area (Å²) in [7, 11) is 1.53. The number of piperidine rings is 2. The summed E-state index contributed by atoms with van der Waals surface area (Å²) in [6.07, 6.45) is -2.85. The molecule has 2 fully saturated rings. The smallest absolute Gasteiger partial charge is 0.410 e. The number of methoxy groups -OCH3 is 1. The highest BCUT2D eigenvalue weighted by Gasteiger charge is 2.41. The Balaban J connectivity index is 1.76. The summed E-state index contributed by atoms with van der Waals surface area (Å²) in [6, 6.07) is 3.73. The molecule has 0 spiro atoms. The molecule has 0 bridgehead atoms. The van der Waals surface area contributed by atoms with E-state index in [4.69, 9.17) is 15.2 Å². The number of amides is 1. The van der Waals surface area contributed by atoms with E-state index in [1.807, 2.05) is 37.8 Å². The number of likely N-dealkylation sites (tertiary alicyclic amines) is 1. The lowest BCUT2D eigenvalue weighted by Gasteiger charge is -2.38. The Bertz CT molecular complexity index is 807. The first-order chi connectivity index (χ1) is 14.9. The average Bonchev–Trinajstić information content (AvgIpc) is 2.72. The van der Waals surface area contributed by atoms with Crippen molar-refractivity contribution in [3.63, 3.8) is 0 Å². The molecule has 1 amide bonds. The molecule has 0 atom stereocenters. The molecule has 2 saturated heterocycles. The van der Waals surface area contributed by atoms with Crippen molar-refractivity contribution in [2.45, 2.75) is 64.1 Å². The molecule has 1 aromatic carbocycles. The number of benzene rings is 1. The van der Waals surface area contributed by atoms with E-state index in [-0.39, 0.29) is 24.9 Å². The third kappa shape index (κ3) is 5.72. The van der Waals surface area contributed by atoms with Crippen LogP contribution in [0.3, 0.4) is 0 Å². The summed E-state index contributed by atoms with van der Waals surface area (Å²) in [5.41, 5.74) is 8.04. The molecule has 6 nitrogen and oxygen atoms in total. The van der Waals surface area contributed by atoms with Crippen molar-refractivity contribution < 1.29 is 27.4 Å². The maximum atomic E-state index is 13.1. The Morgan fingerprint density at radius 3 is 2.12 bits per heavy atom. The number of rotatable bonds is 3. The van der Waals surface area contributed by atoms with Gasteiger partial charge in [0.05, 0.1) is 18.7 Å². The van der Waals surface area contributed by atoms with Crippen LogP contribution in [-0.4, -0.2) is 56.1 Å². The molecule has 0 saturated carbocycles. The van der Waals surface area contributed by atoms with E-state index in [2.05, 4.69) is 0 Å². The van der Waals surface area contributed by atoms with Crippen molar-refractivity contribution in [3.8, 4) is 5.75 Å². The first-order valence-electron chi connectivity index (χ1n) is 11.2. The molecule has 0 aromatic heterocycles. The molecule has 2 aliphatic rings. The maximum absolute atomic E-state index is 13.1. The molecule has 2 aliphatic heterocycles. The van der Waals surface area contributed by atoms with Gasteiger partial charge >= 0.3 is 12.3 Å². The molecule has 0 radical (unpaired) electrons. The Morgan fingerprint density at radius 1 is 1.03 bits per heavy atom. The van der Waals surface area contributed by atoms with Crippen molar-refractivity contribution in [1.29, 1.82) is 0 Å². The first kappa shape index (κ1) is 24.3. The van der Waals surface area contributed by atoms with Crippen LogP contribution in [0.1, 0.15) is 57.9 Å². The van der Waals surface area contributed by atoms with Gasteiger partial charge in [-0.05, 0) is 64.0 Å². The number of nitrogens with zero attached hydrogens (tertiary/aromatic N) is 2. The lowest BCUT2D eigenvalue weighted by molar-refractivity contribution is -0.179. The lowest BCUT2D eigenvalue weighted by Crippen LogP contribution is -2.42. The minimum atomic E-state index is -4.15. The fraction of sp³-hybridized carbons (Fsp3) is 0.696. The molecule has 1 aromatic rings. The van der Waals surface area contributed by atoms with Gasteiger partial charge in [-0.25, -0.2) is 4.79 Å². The monoisotopic (exact) mass is 457 g/mol. The van der Waals surface area contributed by atoms with Crippen molar-refractivity contribution in [1.82, 2.24) is 4.90 Å². The van der Waals surface area contributed by atoms with E-state index in [9.17, 15) is 18.0 Å². The van der Waals surface area contributed by atoms with Gasteiger partial charge in [0.1, 0.15) is 11.4 Å². The molecule has 3 rings (SSSR count). The second-order valence-electron chi connectivity index (χ2n) is 9.70. The maximum Gasteiger partial charge on any atom is 0.410 e. The van der Waals surface area contributed by atoms with E-state index < -0.39 is 17.7 Å². The van der Waals surface area contributed by atoms with Crippen LogP contribution in [0.2, 0.25) is 0 Å². The standard InChI is InChI=1S/C23H34F3N3O3/c1-22(2,3)32-21(30)29-9-5-15(6-10-29)17-13-18(27)20(31-4)14-19(17)28-11-7-16(8-12-28)23(24,25)26/h13-16H,5-12,27H2,1-4H3. The molecule has 180 valence electrons. The van der Waals surface area contributed by atoms with Crippen molar-refractivity contribution >= 4 is 17.5 Å². The van der Waals surface area contributed by atoms with E-state index >= 15 is 0 Å². The Kier molecular flexibility index (Phi) is 7.05. The molecule has 32 heavy (non-hydrogen) atoms. The number of carbonyl (C=O) groups is 1. The summed E-state index contributed by atoms with van der Waals surface area (Å²) in [5, 5.41) is 0. The van der Waals surface area contributed by atoms with Crippen LogP contribution in [-0.2, 0) is 4.74 Å². The van der Waals surface area contributed by atoms with Gasteiger partial charge in [-0.1, -0.05) is 0 Å². The number of nitrogen functional groups attached to an aromatic ring is 1. The van der Waals surface area contributed by atoms with Gasteiger partial charge in [-0.3, -0.25) is 0 Å². The van der Waals surface area contributed by atoms with E-state index in [0.717, 1.165) is 24.1 Å².